The van der Waals surface area contributed by atoms with E-state index in [-0.39, 0.29) is 5.82 Å². The Bertz CT molecular complexity index is 525. The standard InChI is InChI=1S/C13H15ClFN3/c14-11-7-9(15)4-5-10(11)12-8-17-13(18-12)3-1-2-6-16/h4-5,7-8H,1-3,6,16H2,(H,17,18). The lowest BCUT2D eigenvalue weighted by atomic mass is 10.1. The highest BCUT2D eigenvalue weighted by Gasteiger charge is 2.08. The zero-order valence-corrected chi connectivity index (χ0v) is 10.7. The lowest BCUT2D eigenvalue weighted by Gasteiger charge is -2.01. The van der Waals surface area contributed by atoms with Crippen molar-refractivity contribution in [2.24, 2.45) is 5.73 Å². The fraction of sp³-hybridized carbons (Fsp3) is 0.308. The number of hydrogen-bond donors (Lipinski definition) is 2. The SMILES string of the molecule is NCCCCc1ncc(-c2ccc(F)cc2Cl)[nH]1. The van der Waals surface area contributed by atoms with E-state index >= 15 is 0 Å². The molecule has 0 bridgehead atoms. The molecule has 0 spiro atoms. The molecule has 3 N–H and O–H groups in total. The molecule has 3 nitrogen and oxygen atoms in total. The van der Waals surface area contributed by atoms with Gasteiger partial charge in [0.15, 0.2) is 0 Å². The van der Waals surface area contributed by atoms with Crippen LogP contribution in [0.15, 0.2) is 24.4 Å². The van der Waals surface area contributed by atoms with Crippen LogP contribution in [0.1, 0.15) is 18.7 Å². The molecule has 0 saturated heterocycles. The summed E-state index contributed by atoms with van der Waals surface area (Å²) in [5.41, 5.74) is 7.01. The molecule has 0 unspecified atom stereocenters. The molecule has 5 heteroatoms. The lowest BCUT2D eigenvalue weighted by Crippen LogP contribution is -1.99. The average Bonchev–Trinajstić information content (AvgIpc) is 2.78. The van der Waals surface area contributed by atoms with Gasteiger partial charge < -0.3 is 10.7 Å². The zero-order valence-electron chi connectivity index (χ0n) is 9.92. The number of nitrogens with two attached hydrogens (primary N) is 1. The third kappa shape index (κ3) is 3.09. The lowest BCUT2D eigenvalue weighted by molar-refractivity contribution is 0.628. The van der Waals surface area contributed by atoms with E-state index < -0.39 is 0 Å². The van der Waals surface area contributed by atoms with Crippen molar-refractivity contribution < 1.29 is 4.39 Å². The Balaban J connectivity index is 2.13. The Morgan fingerprint density at radius 3 is 2.89 bits per heavy atom. The Morgan fingerprint density at radius 1 is 1.33 bits per heavy atom. The number of unbranched alkanes of at least 4 members (excludes halogenated alkanes) is 1. The number of hydrogen-bond acceptors (Lipinski definition) is 2. The van der Waals surface area contributed by atoms with Crippen LogP contribution in [0.4, 0.5) is 4.39 Å². The average molecular weight is 268 g/mol. The van der Waals surface area contributed by atoms with Crippen LogP contribution in [-0.4, -0.2) is 16.5 Å². The molecule has 0 atom stereocenters. The molecule has 96 valence electrons. The Kier molecular flexibility index (Phi) is 4.33. The Hall–Kier alpha value is -1.39. The van der Waals surface area contributed by atoms with Crippen molar-refractivity contribution >= 4 is 11.6 Å². The number of aryl methyl sites for hydroxylation is 1. The second-order valence-corrected chi connectivity index (χ2v) is 4.52. The summed E-state index contributed by atoms with van der Waals surface area (Å²) in [6.45, 7) is 0.692. The molecule has 0 fully saturated rings. The first-order chi connectivity index (χ1) is 8.70. The van der Waals surface area contributed by atoms with E-state index in [1.807, 2.05) is 0 Å². The van der Waals surface area contributed by atoms with Gasteiger partial charge in [0.25, 0.3) is 0 Å². The smallest absolute Gasteiger partial charge is 0.124 e. The van der Waals surface area contributed by atoms with Gasteiger partial charge in [-0.3, -0.25) is 0 Å². The fourth-order valence-corrected chi connectivity index (χ4v) is 2.04. The van der Waals surface area contributed by atoms with Gasteiger partial charge in [-0.2, -0.15) is 0 Å². The molecular formula is C13H15ClFN3. The maximum absolute atomic E-state index is 13.0. The molecule has 2 aromatic rings. The number of halogens is 2. The van der Waals surface area contributed by atoms with Crippen LogP contribution in [0.3, 0.4) is 0 Å². The third-order valence-electron chi connectivity index (χ3n) is 2.72. The predicted octanol–water partition coefficient (Wildman–Crippen LogP) is 3.15. The van der Waals surface area contributed by atoms with Crippen LogP contribution in [-0.2, 0) is 6.42 Å². The van der Waals surface area contributed by atoms with E-state index in [0.29, 0.717) is 11.6 Å². The zero-order chi connectivity index (χ0) is 13.0. The van der Waals surface area contributed by atoms with E-state index in [9.17, 15) is 4.39 Å². The van der Waals surface area contributed by atoms with Crippen LogP contribution in [0, 0.1) is 5.82 Å². The monoisotopic (exact) mass is 267 g/mol. The minimum Gasteiger partial charge on any atom is -0.342 e. The molecule has 0 aliphatic rings. The molecule has 0 saturated carbocycles. The predicted molar refractivity (Wildman–Crippen MR) is 71.0 cm³/mol. The van der Waals surface area contributed by atoms with Gasteiger partial charge in [-0.1, -0.05) is 11.6 Å². The van der Waals surface area contributed by atoms with E-state index in [0.717, 1.165) is 36.3 Å². The van der Waals surface area contributed by atoms with Gasteiger partial charge >= 0.3 is 0 Å². The minimum absolute atomic E-state index is 0.341. The summed E-state index contributed by atoms with van der Waals surface area (Å²) in [7, 11) is 0. The van der Waals surface area contributed by atoms with Crippen molar-refractivity contribution in [1.82, 2.24) is 9.97 Å². The molecule has 0 amide bonds. The number of benzene rings is 1. The molecule has 0 aliphatic carbocycles. The van der Waals surface area contributed by atoms with Crippen LogP contribution in [0.2, 0.25) is 5.02 Å². The first kappa shape index (κ1) is 13.1. The maximum Gasteiger partial charge on any atom is 0.124 e. The number of nitrogens with one attached hydrogen (secondary N) is 1. The van der Waals surface area contributed by atoms with E-state index in [1.54, 1.807) is 12.3 Å². The van der Waals surface area contributed by atoms with Crippen LogP contribution < -0.4 is 5.73 Å². The normalized spacial score (nSPS) is 10.8. The van der Waals surface area contributed by atoms with Crippen molar-refractivity contribution in [2.75, 3.05) is 6.54 Å². The first-order valence-electron chi connectivity index (χ1n) is 5.90. The van der Waals surface area contributed by atoms with Crippen molar-refractivity contribution in [2.45, 2.75) is 19.3 Å². The van der Waals surface area contributed by atoms with E-state index in [2.05, 4.69) is 9.97 Å². The summed E-state index contributed by atoms with van der Waals surface area (Å²) >= 11 is 6.00. The molecule has 1 aromatic heterocycles. The highest BCUT2D eigenvalue weighted by molar-refractivity contribution is 6.33. The summed E-state index contributed by atoms with van der Waals surface area (Å²) in [5.74, 6) is 0.560. The van der Waals surface area contributed by atoms with Gasteiger partial charge in [0.1, 0.15) is 11.6 Å². The molecule has 1 aromatic carbocycles. The molecule has 1 heterocycles. The number of aromatic nitrogens is 2. The summed E-state index contributed by atoms with van der Waals surface area (Å²) in [5, 5.41) is 0.382. The number of nitrogens with zero attached hydrogens (tertiary/aromatic N) is 1. The van der Waals surface area contributed by atoms with Gasteiger partial charge in [0.2, 0.25) is 0 Å². The molecular weight excluding hydrogens is 253 g/mol. The van der Waals surface area contributed by atoms with Crippen molar-refractivity contribution in [3.8, 4) is 11.3 Å². The van der Waals surface area contributed by atoms with Crippen LogP contribution in [0.5, 0.6) is 0 Å². The number of H-pyrrole nitrogens is 1. The summed E-state index contributed by atoms with van der Waals surface area (Å²) in [6.07, 6.45) is 4.56. The van der Waals surface area contributed by atoms with Gasteiger partial charge in [0, 0.05) is 12.0 Å². The van der Waals surface area contributed by atoms with Crippen molar-refractivity contribution in [1.29, 1.82) is 0 Å². The van der Waals surface area contributed by atoms with E-state index in [1.165, 1.54) is 12.1 Å². The van der Waals surface area contributed by atoms with Gasteiger partial charge in [-0.25, -0.2) is 9.37 Å². The highest BCUT2D eigenvalue weighted by Crippen LogP contribution is 2.27. The van der Waals surface area contributed by atoms with Crippen molar-refractivity contribution in [3.63, 3.8) is 0 Å². The largest absolute Gasteiger partial charge is 0.342 e. The third-order valence-corrected chi connectivity index (χ3v) is 3.03. The van der Waals surface area contributed by atoms with Gasteiger partial charge in [-0.15, -0.1) is 0 Å². The number of rotatable bonds is 5. The summed E-state index contributed by atoms with van der Waals surface area (Å²) < 4.78 is 13.0. The summed E-state index contributed by atoms with van der Waals surface area (Å²) in [4.78, 5) is 7.47. The Morgan fingerprint density at radius 2 is 2.17 bits per heavy atom. The second kappa shape index (κ2) is 5.98. The maximum atomic E-state index is 13.0. The molecule has 0 aliphatic heterocycles. The topological polar surface area (TPSA) is 54.7 Å². The summed E-state index contributed by atoms with van der Waals surface area (Å²) in [6, 6.07) is 4.33. The molecule has 0 radical (unpaired) electrons. The quantitative estimate of drug-likeness (QED) is 0.818. The molecule has 2 rings (SSSR count). The van der Waals surface area contributed by atoms with Crippen LogP contribution in [0.25, 0.3) is 11.3 Å². The first-order valence-corrected chi connectivity index (χ1v) is 6.28. The second-order valence-electron chi connectivity index (χ2n) is 4.11. The van der Waals surface area contributed by atoms with Gasteiger partial charge in [0.05, 0.1) is 16.9 Å². The fourth-order valence-electron chi connectivity index (χ4n) is 1.77. The minimum atomic E-state index is -0.341. The number of aromatic amines is 1. The van der Waals surface area contributed by atoms with Crippen molar-refractivity contribution in [3.05, 3.63) is 41.1 Å². The van der Waals surface area contributed by atoms with E-state index in [4.69, 9.17) is 17.3 Å². The number of imidazole rings is 1. The van der Waals surface area contributed by atoms with Crippen LogP contribution >= 0.6 is 11.6 Å². The highest BCUT2D eigenvalue weighted by atomic mass is 35.5. The van der Waals surface area contributed by atoms with Gasteiger partial charge in [-0.05, 0) is 37.6 Å². The Labute approximate surface area is 110 Å². The molecule has 18 heavy (non-hydrogen) atoms.